The van der Waals surface area contributed by atoms with Crippen molar-refractivity contribution in [2.45, 2.75) is 19.4 Å². The Bertz CT molecular complexity index is 489. The van der Waals surface area contributed by atoms with Crippen LogP contribution in [0, 0.1) is 12.8 Å². The van der Waals surface area contributed by atoms with Gasteiger partial charge >= 0.3 is 0 Å². The number of piperidine rings is 1. The van der Waals surface area contributed by atoms with E-state index < -0.39 is 23.8 Å². The summed E-state index contributed by atoms with van der Waals surface area (Å²) in [4.78, 5) is 28.5. The third-order valence-corrected chi connectivity index (χ3v) is 2.95. The van der Waals surface area contributed by atoms with Gasteiger partial charge in [-0.25, -0.2) is 0 Å². The Morgan fingerprint density at radius 1 is 1.53 bits per heavy atom. The van der Waals surface area contributed by atoms with Crippen molar-refractivity contribution in [2.75, 3.05) is 6.54 Å². The molecule has 2 rings (SSSR count). The lowest BCUT2D eigenvalue weighted by atomic mass is 9.95. The van der Waals surface area contributed by atoms with Crippen LogP contribution in [0.4, 0.5) is 0 Å². The van der Waals surface area contributed by atoms with Gasteiger partial charge in [-0.1, -0.05) is 12.1 Å². The molecule has 6 heteroatoms. The van der Waals surface area contributed by atoms with E-state index in [1.807, 2.05) is 13.0 Å². The Morgan fingerprint density at radius 2 is 2.32 bits per heavy atom. The van der Waals surface area contributed by atoms with Crippen molar-refractivity contribution in [3.63, 3.8) is 0 Å². The van der Waals surface area contributed by atoms with E-state index in [1.165, 1.54) is 0 Å². The number of hydrogen-bond acceptors (Lipinski definition) is 4. The highest BCUT2D eigenvalue weighted by molar-refractivity contribution is 6.01. The van der Waals surface area contributed by atoms with Crippen molar-refractivity contribution in [3.05, 3.63) is 29.8 Å². The minimum Gasteiger partial charge on any atom is -0.392 e. The summed E-state index contributed by atoms with van der Waals surface area (Å²) in [6.45, 7) is 2.27. The molecule has 0 aromatic heterocycles. The van der Waals surface area contributed by atoms with Gasteiger partial charge in [-0.2, -0.15) is 5.48 Å². The van der Waals surface area contributed by atoms with E-state index in [0.717, 1.165) is 5.56 Å². The molecular weight excluding hydrogens is 248 g/mol. The molecule has 2 unspecified atom stereocenters. The van der Waals surface area contributed by atoms with E-state index in [0.29, 0.717) is 18.7 Å². The summed E-state index contributed by atoms with van der Waals surface area (Å²) < 4.78 is 0. The molecule has 1 fully saturated rings. The number of benzene rings is 1. The number of aryl methyl sites for hydroxylation is 1. The lowest BCUT2D eigenvalue weighted by molar-refractivity contribution is -0.146. The van der Waals surface area contributed by atoms with Gasteiger partial charge in [0.05, 0.1) is 6.10 Å². The van der Waals surface area contributed by atoms with Crippen molar-refractivity contribution < 1.29 is 19.5 Å². The van der Waals surface area contributed by atoms with E-state index >= 15 is 0 Å². The first-order valence-corrected chi connectivity index (χ1v) is 6.07. The van der Waals surface area contributed by atoms with Crippen LogP contribution in [0.25, 0.3) is 0 Å². The zero-order chi connectivity index (χ0) is 13.8. The van der Waals surface area contributed by atoms with Crippen LogP contribution in [0.3, 0.4) is 0 Å². The minimum absolute atomic E-state index is 0.355. The van der Waals surface area contributed by atoms with E-state index in [4.69, 9.17) is 4.84 Å². The lowest BCUT2D eigenvalue weighted by Crippen LogP contribution is -2.52. The summed E-state index contributed by atoms with van der Waals surface area (Å²) in [6.07, 6.45) is -0.622. The van der Waals surface area contributed by atoms with E-state index in [-0.39, 0.29) is 0 Å². The van der Waals surface area contributed by atoms with E-state index in [2.05, 4.69) is 10.8 Å². The quantitative estimate of drug-likeness (QED) is 0.525. The van der Waals surface area contributed by atoms with Crippen LogP contribution in [0.15, 0.2) is 24.3 Å². The van der Waals surface area contributed by atoms with Gasteiger partial charge in [0.1, 0.15) is 5.92 Å². The average molecular weight is 264 g/mol. The summed E-state index contributed by atoms with van der Waals surface area (Å²) in [5.74, 6) is -1.78. The highest BCUT2D eigenvalue weighted by Crippen LogP contribution is 2.14. The molecule has 0 bridgehead atoms. The molecule has 1 aliphatic rings. The monoisotopic (exact) mass is 264 g/mol. The summed E-state index contributed by atoms with van der Waals surface area (Å²) in [6, 6.07) is 7.12. The minimum atomic E-state index is -1.13. The summed E-state index contributed by atoms with van der Waals surface area (Å²) >= 11 is 0. The second-order valence-electron chi connectivity index (χ2n) is 4.51. The topological polar surface area (TPSA) is 87.7 Å². The number of hydroxylamine groups is 1. The van der Waals surface area contributed by atoms with Crippen LogP contribution < -0.4 is 15.6 Å². The highest BCUT2D eigenvalue weighted by atomic mass is 16.7. The zero-order valence-electron chi connectivity index (χ0n) is 10.6. The van der Waals surface area contributed by atoms with E-state index in [1.54, 1.807) is 18.2 Å². The maximum Gasteiger partial charge on any atom is 0.267 e. The lowest BCUT2D eigenvalue weighted by Gasteiger charge is -2.25. The molecule has 1 aliphatic heterocycles. The molecule has 1 heterocycles. The largest absolute Gasteiger partial charge is 0.392 e. The number of rotatable bonds is 3. The Kier molecular flexibility index (Phi) is 4.01. The number of carbonyl (C=O) groups excluding carboxylic acids is 2. The van der Waals surface area contributed by atoms with Crippen LogP contribution in [-0.2, 0) is 9.59 Å². The Morgan fingerprint density at radius 3 is 3.00 bits per heavy atom. The molecule has 2 atom stereocenters. The van der Waals surface area contributed by atoms with Crippen molar-refractivity contribution in [2.24, 2.45) is 5.92 Å². The summed E-state index contributed by atoms with van der Waals surface area (Å²) in [7, 11) is 0. The second kappa shape index (κ2) is 5.71. The number of aliphatic hydroxyl groups is 1. The Balaban J connectivity index is 1.95. The molecule has 1 aromatic rings. The SMILES string of the molecule is Cc1cccc(ONC(=O)C2C(=O)NCCC2O)c1. The summed E-state index contributed by atoms with van der Waals surface area (Å²) in [5.41, 5.74) is 3.19. The molecule has 102 valence electrons. The third-order valence-electron chi connectivity index (χ3n) is 2.95. The fraction of sp³-hybridized carbons (Fsp3) is 0.385. The van der Waals surface area contributed by atoms with Crippen molar-refractivity contribution in [3.8, 4) is 5.75 Å². The number of carbonyl (C=O) groups is 2. The summed E-state index contributed by atoms with van der Waals surface area (Å²) in [5, 5.41) is 12.2. The zero-order valence-corrected chi connectivity index (χ0v) is 10.6. The molecule has 0 spiro atoms. The predicted octanol–water partition coefficient (Wildman–Crippen LogP) is -0.0980. The number of aliphatic hydroxyl groups excluding tert-OH is 1. The van der Waals surface area contributed by atoms with E-state index in [9.17, 15) is 14.7 Å². The Hall–Kier alpha value is -2.08. The van der Waals surface area contributed by atoms with Gasteiger partial charge in [0.25, 0.3) is 5.91 Å². The predicted molar refractivity (Wildman–Crippen MR) is 67.1 cm³/mol. The molecule has 0 saturated carbocycles. The third kappa shape index (κ3) is 3.23. The first-order valence-electron chi connectivity index (χ1n) is 6.07. The fourth-order valence-corrected chi connectivity index (χ4v) is 1.94. The van der Waals surface area contributed by atoms with Crippen LogP contribution in [0.5, 0.6) is 5.75 Å². The number of hydrogen-bond donors (Lipinski definition) is 3. The molecule has 19 heavy (non-hydrogen) atoms. The van der Waals surface area contributed by atoms with Crippen molar-refractivity contribution >= 4 is 11.8 Å². The van der Waals surface area contributed by atoms with Crippen LogP contribution in [0.1, 0.15) is 12.0 Å². The smallest absolute Gasteiger partial charge is 0.267 e. The molecule has 1 aromatic carbocycles. The molecule has 2 amide bonds. The van der Waals surface area contributed by atoms with Gasteiger partial charge < -0.3 is 15.3 Å². The van der Waals surface area contributed by atoms with Crippen LogP contribution in [0.2, 0.25) is 0 Å². The van der Waals surface area contributed by atoms with Gasteiger partial charge in [-0.3, -0.25) is 9.59 Å². The fourth-order valence-electron chi connectivity index (χ4n) is 1.94. The van der Waals surface area contributed by atoms with Gasteiger partial charge in [0.2, 0.25) is 5.91 Å². The average Bonchev–Trinajstić information content (AvgIpc) is 2.36. The Labute approximate surface area is 110 Å². The van der Waals surface area contributed by atoms with Gasteiger partial charge in [0, 0.05) is 6.54 Å². The highest BCUT2D eigenvalue weighted by Gasteiger charge is 2.37. The first-order chi connectivity index (χ1) is 9.08. The number of nitrogens with one attached hydrogen (secondary N) is 2. The van der Waals surface area contributed by atoms with Crippen LogP contribution in [-0.4, -0.2) is 29.6 Å². The maximum absolute atomic E-state index is 11.8. The maximum atomic E-state index is 11.8. The number of amides is 2. The molecular formula is C13H16N2O4. The van der Waals surface area contributed by atoms with Gasteiger partial charge in [-0.05, 0) is 31.0 Å². The van der Waals surface area contributed by atoms with Gasteiger partial charge in [0.15, 0.2) is 5.75 Å². The van der Waals surface area contributed by atoms with Gasteiger partial charge in [-0.15, -0.1) is 0 Å². The standard InChI is InChI=1S/C13H16N2O4/c1-8-3-2-4-9(7-8)19-15-13(18)11-10(16)5-6-14-12(11)17/h2-4,7,10-11,16H,5-6H2,1H3,(H,14,17)(H,15,18). The molecule has 6 nitrogen and oxygen atoms in total. The van der Waals surface area contributed by atoms with Crippen LogP contribution >= 0.6 is 0 Å². The molecule has 3 N–H and O–H groups in total. The molecule has 0 aliphatic carbocycles. The normalized spacial score (nSPS) is 22.5. The van der Waals surface area contributed by atoms with Crippen molar-refractivity contribution in [1.29, 1.82) is 0 Å². The first kappa shape index (κ1) is 13.4. The van der Waals surface area contributed by atoms with Crippen molar-refractivity contribution in [1.82, 2.24) is 10.8 Å². The molecule has 1 saturated heterocycles. The second-order valence-corrected chi connectivity index (χ2v) is 4.51. The molecule has 0 radical (unpaired) electrons.